The maximum absolute atomic E-state index is 13.4. The number of carbonyl (C=O) groups is 3. The van der Waals surface area contributed by atoms with E-state index in [0.29, 0.717) is 49.4 Å². The van der Waals surface area contributed by atoms with Gasteiger partial charge in [-0.2, -0.15) is 0 Å². The minimum atomic E-state index is -1.72. The fourth-order valence-corrected chi connectivity index (χ4v) is 4.00. The van der Waals surface area contributed by atoms with E-state index in [9.17, 15) is 24.6 Å². The number of amides is 1. The van der Waals surface area contributed by atoms with Crippen LogP contribution >= 0.6 is 0 Å². The number of nitrogens with zero attached hydrogens (tertiary/aromatic N) is 1. The van der Waals surface area contributed by atoms with E-state index < -0.39 is 29.8 Å². The molecule has 10 nitrogen and oxygen atoms in total. The fraction of sp³-hybridized carbons (Fsp3) is 0.407. The smallest absolute Gasteiger partial charge is 0.340 e. The highest BCUT2D eigenvalue weighted by Gasteiger charge is 2.36. The molecule has 3 rings (SSSR count). The Labute approximate surface area is 215 Å². The van der Waals surface area contributed by atoms with Gasteiger partial charge in [0.15, 0.2) is 5.78 Å². The molecule has 0 radical (unpaired) electrons. The van der Waals surface area contributed by atoms with E-state index in [2.05, 4.69) is 15.6 Å². The van der Waals surface area contributed by atoms with E-state index in [4.69, 9.17) is 10.5 Å². The SMILES string of the molecule is CCCN=C(N)c1ccc(C(=O)NC(Cc2ccc(O)cc2)C(=O)C(OC2CCNCC2)C(=O)O)cc1. The van der Waals surface area contributed by atoms with Crippen molar-refractivity contribution >= 4 is 23.5 Å². The molecule has 2 unspecified atom stereocenters. The summed E-state index contributed by atoms with van der Waals surface area (Å²) in [5, 5.41) is 25.2. The lowest BCUT2D eigenvalue weighted by atomic mass is 9.97. The summed E-state index contributed by atoms with van der Waals surface area (Å²) in [5.41, 5.74) is 7.56. The number of carboxylic acids is 1. The van der Waals surface area contributed by atoms with Gasteiger partial charge in [0.2, 0.25) is 6.10 Å². The Morgan fingerprint density at radius 1 is 1.08 bits per heavy atom. The molecule has 0 bridgehead atoms. The highest BCUT2D eigenvalue weighted by Crippen LogP contribution is 2.16. The number of aliphatic carboxylic acids is 1. The number of ketones is 1. The van der Waals surface area contributed by atoms with Crippen molar-refractivity contribution in [3.8, 4) is 5.75 Å². The van der Waals surface area contributed by atoms with Gasteiger partial charge in [-0.3, -0.25) is 14.6 Å². The lowest BCUT2D eigenvalue weighted by Gasteiger charge is -2.28. The van der Waals surface area contributed by atoms with Gasteiger partial charge >= 0.3 is 5.97 Å². The minimum Gasteiger partial charge on any atom is -0.508 e. The number of carboxylic acid groups (broad SMARTS) is 1. The van der Waals surface area contributed by atoms with Crippen LogP contribution in [0.1, 0.15) is 47.7 Å². The Balaban J connectivity index is 1.80. The van der Waals surface area contributed by atoms with Crippen molar-refractivity contribution in [2.24, 2.45) is 10.7 Å². The van der Waals surface area contributed by atoms with Gasteiger partial charge in [0.25, 0.3) is 5.91 Å². The Morgan fingerprint density at radius 2 is 1.70 bits per heavy atom. The fourth-order valence-electron chi connectivity index (χ4n) is 4.00. The average Bonchev–Trinajstić information content (AvgIpc) is 2.91. The van der Waals surface area contributed by atoms with Gasteiger partial charge in [-0.05, 0) is 68.6 Å². The zero-order valence-electron chi connectivity index (χ0n) is 20.9. The summed E-state index contributed by atoms with van der Waals surface area (Å²) in [4.78, 5) is 42.8. The van der Waals surface area contributed by atoms with Gasteiger partial charge < -0.3 is 31.3 Å². The molecule has 37 heavy (non-hydrogen) atoms. The number of hydrogen-bond acceptors (Lipinski definition) is 7. The normalized spacial score (nSPS) is 16.1. The molecule has 2 aromatic carbocycles. The maximum Gasteiger partial charge on any atom is 0.340 e. The van der Waals surface area contributed by atoms with Crippen molar-refractivity contribution in [3.05, 3.63) is 65.2 Å². The molecule has 198 valence electrons. The molecule has 0 saturated carbocycles. The van der Waals surface area contributed by atoms with E-state index in [1.807, 2.05) is 6.92 Å². The summed E-state index contributed by atoms with van der Waals surface area (Å²) in [6, 6.07) is 11.4. The second kappa shape index (κ2) is 13.5. The Bertz CT molecular complexity index is 1090. The van der Waals surface area contributed by atoms with Crippen LogP contribution in [0.3, 0.4) is 0 Å². The van der Waals surface area contributed by atoms with Crippen LogP contribution in [-0.2, 0) is 20.7 Å². The summed E-state index contributed by atoms with van der Waals surface area (Å²) in [6.45, 7) is 3.93. The second-order valence-electron chi connectivity index (χ2n) is 8.95. The number of rotatable bonds is 12. The first-order chi connectivity index (χ1) is 17.8. The summed E-state index contributed by atoms with van der Waals surface area (Å²) in [5.74, 6) is -2.28. The number of aliphatic imine (C=N–C) groups is 1. The van der Waals surface area contributed by atoms with Gasteiger partial charge in [0.1, 0.15) is 11.6 Å². The molecule has 0 aromatic heterocycles. The number of nitrogens with one attached hydrogen (secondary N) is 2. The summed E-state index contributed by atoms with van der Waals surface area (Å²) >= 11 is 0. The number of nitrogens with two attached hydrogens (primary N) is 1. The third-order valence-electron chi connectivity index (χ3n) is 6.07. The Morgan fingerprint density at radius 3 is 2.30 bits per heavy atom. The molecule has 1 fully saturated rings. The zero-order chi connectivity index (χ0) is 26.8. The molecule has 0 aliphatic carbocycles. The van der Waals surface area contributed by atoms with Crippen molar-refractivity contribution in [2.75, 3.05) is 19.6 Å². The third-order valence-corrected chi connectivity index (χ3v) is 6.07. The largest absolute Gasteiger partial charge is 0.508 e. The Kier molecular flexibility index (Phi) is 10.2. The van der Waals surface area contributed by atoms with Crippen LogP contribution in [-0.4, -0.2) is 71.6 Å². The van der Waals surface area contributed by atoms with Crippen LogP contribution in [0.25, 0.3) is 0 Å². The molecule has 1 heterocycles. The van der Waals surface area contributed by atoms with Crippen molar-refractivity contribution in [1.82, 2.24) is 10.6 Å². The third kappa shape index (κ3) is 8.12. The predicted octanol–water partition coefficient (Wildman–Crippen LogP) is 1.64. The van der Waals surface area contributed by atoms with E-state index in [0.717, 1.165) is 6.42 Å². The van der Waals surface area contributed by atoms with E-state index in [1.54, 1.807) is 36.4 Å². The van der Waals surface area contributed by atoms with Crippen LogP contribution in [0.4, 0.5) is 0 Å². The number of benzene rings is 2. The number of ether oxygens (including phenoxy) is 1. The average molecular weight is 511 g/mol. The molecule has 0 spiro atoms. The molecule has 1 aliphatic rings. The molecule has 1 aliphatic heterocycles. The summed E-state index contributed by atoms with van der Waals surface area (Å²) in [7, 11) is 0. The molecule has 2 aromatic rings. The molecule has 1 amide bonds. The quantitative estimate of drug-likeness (QED) is 0.163. The topological polar surface area (TPSA) is 163 Å². The van der Waals surface area contributed by atoms with Crippen LogP contribution in [0.15, 0.2) is 53.5 Å². The maximum atomic E-state index is 13.4. The van der Waals surface area contributed by atoms with Crippen molar-refractivity contribution in [1.29, 1.82) is 0 Å². The molecule has 6 N–H and O–H groups in total. The monoisotopic (exact) mass is 510 g/mol. The molecular weight excluding hydrogens is 476 g/mol. The number of hydrogen-bond donors (Lipinski definition) is 5. The van der Waals surface area contributed by atoms with Gasteiger partial charge in [-0.25, -0.2) is 4.79 Å². The molecule has 1 saturated heterocycles. The van der Waals surface area contributed by atoms with Crippen molar-refractivity contribution in [2.45, 2.75) is 50.9 Å². The number of amidine groups is 1. The van der Waals surface area contributed by atoms with Gasteiger partial charge in [0.05, 0.1) is 12.1 Å². The van der Waals surface area contributed by atoms with Crippen LogP contribution < -0.4 is 16.4 Å². The minimum absolute atomic E-state index is 0.0267. The van der Waals surface area contributed by atoms with E-state index in [-0.39, 0.29) is 23.8 Å². The van der Waals surface area contributed by atoms with Gasteiger partial charge in [0, 0.05) is 17.7 Å². The van der Waals surface area contributed by atoms with Gasteiger partial charge in [-0.1, -0.05) is 31.2 Å². The molecule has 10 heteroatoms. The van der Waals surface area contributed by atoms with Gasteiger partial charge in [-0.15, -0.1) is 0 Å². The first-order valence-electron chi connectivity index (χ1n) is 12.4. The molecule has 2 atom stereocenters. The van der Waals surface area contributed by atoms with E-state index >= 15 is 0 Å². The lowest BCUT2D eigenvalue weighted by molar-refractivity contribution is -0.162. The number of phenols is 1. The Hall–Kier alpha value is -3.76. The molecular formula is C27H34N4O6. The van der Waals surface area contributed by atoms with Crippen molar-refractivity contribution in [3.63, 3.8) is 0 Å². The number of aromatic hydroxyl groups is 1. The highest BCUT2D eigenvalue weighted by atomic mass is 16.5. The van der Waals surface area contributed by atoms with E-state index in [1.165, 1.54) is 12.1 Å². The number of Topliss-reactive ketones (excluding diaryl/α,β-unsaturated/α-hetero) is 1. The number of carbonyl (C=O) groups excluding carboxylic acids is 2. The van der Waals surface area contributed by atoms with Crippen LogP contribution in [0, 0.1) is 0 Å². The zero-order valence-corrected chi connectivity index (χ0v) is 20.9. The first kappa shape index (κ1) is 27.8. The number of phenolic OH excluding ortho intramolecular Hbond substituents is 1. The second-order valence-corrected chi connectivity index (χ2v) is 8.95. The van der Waals surface area contributed by atoms with Crippen LogP contribution in [0.2, 0.25) is 0 Å². The van der Waals surface area contributed by atoms with Crippen LogP contribution in [0.5, 0.6) is 5.75 Å². The standard InChI is InChI=1S/C27H34N4O6/c1-2-13-30-25(28)18-5-7-19(8-6-18)26(34)31-22(16-17-3-9-20(32)10-4-17)23(33)24(27(35)36)37-21-11-14-29-15-12-21/h3-10,21-22,24,29,32H,2,11-16H2,1H3,(H2,28,30)(H,31,34)(H,35,36). The lowest BCUT2D eigenvalue weighted by Crippen LogP contribution is -2.51. The highest BCUT2D eigenvalue weighted by molar-refractivity contribution is 6.07. The first-order valence-corrected chi connectivity index (χ1v) is 12.4. The summed E-state index contributed by atoms with van der Waals surface area (Å²) in [6.07, 6.45) is -0.0345. The van der Waals surface area contributed by atoms with Crippen molar-refractivity contribution < 1.29 is 29.3 Å². The number of piperidine rings is 1. The summed E-state index contributed by atoms with van der Waals surface area (Å²) < 4.78 is 5.71. The predicted molar refractivity (Wildman–Crippen MR) is 139 cm³/mol.